The summed E-state index contributed by atoms with van der Waals surface area (Å²) in [7, 11) is 0. The smallest absolute Gasteiger partial charge is 0.171 e. The lowest BCUT2D eigenvalue weighted by Gasteiger charge is -2.14. The van der Waals surface area contributed by atoms with Crippen LogP contribution in [0.1, 0.15) is 25.7 Å². The number of hydrogen-bond acceptors (Lipinski definition) is 4. The molecular weight excluding hydrogens is 204 g/mol. The van der Waals surface area contributed by atoms with Crippen molar-refractivity contribution in [2.45, 2.75) is 37.8 Å². The van der Waals surface area contributed by atoms with Gasteiger partial charge in [-0.15, -0.1) is 0 Å². The number of allylic oxidation sites excluding steroid dienone is 1. The SMILES string of the molecule is C=CC(=O)CCCC(N)CC(N)C(=O)C=C. The predicted octanol–water partition coefficient (Wildman–Crippen LogP) is 0.712. The summed E-state index contributed by atoms with van der Waals surface area (Å²) in [5.74, 6) is -0.184. The van der Waals surface area contributed by atoms with Crippen molar-refractivity contribution in [3.63, 3.8) is 0 Å². The highest BCUT2D eigenvalue weighted by Gasteiger charge is 2.14. The van der Waals surface area contributed by atoms with Gasteiger partial charge in [-0.2, -0.15) is 0 Å². The Hall–Kier alpha value is -1.26. The van der Waals surface area contributed by atoms with Gasteiger partial charge in [-0.3, -0.25) is 9.59 Å². The minimum absolute atomic E-state index is 0.0127. The Morgan fingerprint density at radius 1 is 1.19 bits per heavy atom. The minimum Gasteiger partial charge on any atom is -0.328 e. The number of hydrogen-bond donors (Lipinski definition) is 2. The van der Waals surface area contributed by atoms with E-state index in [9.17, 15) is 9.59 Å². The van der Waals surface area contributed by atoms with Gasteiger partial charge in [-0.1, -0.05) is 13.2 Å². The third-order valence-corrected chi connectivity index (χ3v) is 2.35. The zero-order chi connectivity index (χ0) is 12.6. The number of carbonyl (C=O) groups excluding carboxylic acids is 2. The summed E-state index contributed by atoms with van der Waals surface area (Å²) >= 11 is 0. The molecule has 0 heterocycles. The van der Waals surface area contributed by atoms with Gasteiger partial charge in [0.2, 0.25) is 0 Å². The lowest BCUT2D eigenvalue weighted by atomic mass is 9.99. The van der Waals surface area contributed by atoms with Crippen molar-refractivity contribution in [3.8, 4) is 0 Å². The normalized spacial score (nSPS) is 13.9. The first kappa shape index (κ1) is 14.7. The fraction of sp³-hybridized carbons (Fsp3) is 0.500. The van der Waals surface area contributed by atoms with Crippen molar-refractivity contribution in [3.05, 3.63) is 25.3 Å². The number of carbonyl (C=O) groups is 2. The van der Waals surface area contributed by atoms with Gasteiger partial charge in [-0.25, -0.2) is 0 Å². The molecule has 2 unspecified atom stereocenters. The Balaban J connectivity index is 3.77. The standard InChI is InChI=1S/C12H20N2O2/c1-3-10(15)7-5-6-9(13)8-11(14)12(16)4-2/h3-4,9,11H,1-2,5-8,13-14H2. The quantitative estimate of drug-likeness (QED) is 0.565. The van der Waals surface area contributed by atoms with E-state index in [1.54, 1.807) is 0 Å². The molecule has 0 fully saturated rings. The molecule has 2 atom stereocenters. The second-order valence-electron chi connectivity index (χ2n) is 3.77. The topological polar surface area (TPSA) is 86.2 Å². The fourth-order valence-corrected chi connectivity index (χ4v) is 1.35. The Kier molecular flexibility index (Phi) is 7.33. The van der Waals surface area contributed by atoms with Gasteiger partial charge in [0.15, 0.2) is 11.6 Å². The summed E-state index contributed by atoms with van der Waals surface area (Å²) in [6, 6.07) is -0.737. The largest absolute Gasteiger partial charge is 0.328 e. The van der Waals surface area contributed by atoms with E-state index in [4.69, 9.17) is 11.5 Å². The third-order valence-electron chi connectivity index (χ3n) is 2.35. The Morgan fingerprint density at radius 2 is 1.81 bits per heavy atom. The zero-order valence-electron chi connectivity index (χ0n) is 9.52. The molecule has 4 heteroatoms. The molecule has 0 radical (unpaired) electrons. The second-order valence-corrected chi connectivity index (χ2v) is 3.77. The van der Waals surface area contributed by atoms with E-state index in [-0.39, 0.29) is 17.6 Å². The Bertz CT molecular complexity index is 274. The van der Waals surface area contributed by atoms with Crippen LogP contribution < -0.4 is 11.5 Å². The second kappa shape index (κ2) is 7.96. The molecule has 4 N–H and O–H groups in total. The maximum absolute atomic E-state index is 11.1. The molecule has 0 spiro atoms. The van der Waals surface area contributed by atoms with Gasteiger partial charge in [-0.05, 0) is 31.4 Å². The average molecular weight is 224 g/mol. The van der Waals surface area contributed by atoms with Crippen molar-refractivity contribution in [1.29, 1.82) is 0 Å². The molecule has 4 nitrogen and oxygen atoms in total. The molecule has 0 saturated carbocycles. The molecule has 0 aliphatic rings. The van der Waals surface area contributed by atoms with Gasteiger partial charge in [0.25, 0.3) is 0 Å². The highest BCUT2D eigenvalue weighted by Crippen LogP contribution is 2.05. The Morgan fingerprint density at radius 3 is 2.31 bits per heavy atom. The summed E-state index contributed by atoms with van der Waals surface area (Å²) in [5.41, 5.74) is 11.4. The number of nitrogens with two attached hydrogens (primary N) is 2. The molecule has 90 valence electrons. The molecule has 0 bridgehead atoms. The van der Waals surface area contributed by atoms with Crippen molar-refractivity contribution in [1.82, 2.24) is 0 Å². The van der Waals surface area contributed by atoms with Crippen molar-refractivity contribution >= 4 is 11.6 Å². The fourth-order valence-electron chi connectivity index (χ4n) is 1.35. The van der Waals surface area contributed by atoms with Crippen LogP contribution in [0.25, 0.3) is 0 Å². The van der Waals surface area contributed by atoms with Crippen LogP contribution in [-0.4, -0.2) is 23.7 Å². The van der Waals surface area contributed by atoms with Gasteiger partial charge in [0.05, 0.1) is 6.04 Å². The zero-order valence-corrected chi connectivity index (χ0v) is 9.52. The predicted molar refractivity (Wildman–Crippen MR) is 64.8 cm³/mol. The lowest BCUT2D eigenvalue weighted by Crippen LogP contribution is -2.36. The van der Waals surface area contributed by atoms with Crippen LogP contribution in [0.2, 0.25) is 0 Å². The van der Waals surface area contributed by atoms with E-state index in [1.807, 2.05) is 0 Å². The molecule has 0 aromatic carbocycles. The highest BCUT2D eigenvalue weighted by atomic mass is 16.1. The van der Waals surface area contributed by atoms with Gasteiger partial charge in [0, 0.05) is 12.5 Å². The van der Waals surface area contributed by atoms with E-state index < -0.39 is 6.04 Å². The van der Waals surface area contributed by atoms with Gasteiger partial charge in [0.1, 0.15) is 0 Å². The van der Waals surface area contributed by atoms with E-state index >= 15 is 0 Å². The average Bonchev–Trinajstić information content (AvgIpc) is 2.27. The first-order valence-electron chi connectivity index (χ1n) is 5.34. The van der Waals surface area contributed by atoms with Gasteiger partial charge >= 0.3 is 0 Å². The van der Waals surface area contributed by atoms with Gasteiger partial charge < -0.3 is 11.5 Å². The first-order chi connectivity index (χ1) is 7.51. The van der Waals surface area contributed by atoms with Crippen LogP contribution in [0.15, 0.2) is 25.3 Å². The summed E-state index contributed by atoms with van der Waals surface area (Å²) in [5, 5.41) is 0. The highest BCUT2D eigenvalue weighted by molar-refractivity contribution is 5.93. The maximum atomic E-state index is 11.1. The molecule has 0 aliphatic carbocycles. The monoisotopic (exact) mass is 224 g/mol. The third kappa shape index (κ3) is 6.27. The number of ketones is 2. The van der Waals surface area contributed by atoms with Crippen LogP contribution >= 0.6 is 0 Å². The molecular formula is C12H20N2O2. The number of rotatable bonds is 9. The first-order valence-corrected chi connectivity index (χ1v) is 5.34. The molecule has 0 saturated heterocycles. The van der Waals surface area contributed by atoms with Crippen molar-refractivity contribution in [2.24, 2.45) is 11.5 Å². The van der Waals surface area contributed by atoms with Crippen molar-refractivity contribution < 1.29 is 9.59 Å². The van der Waals surface area contributed by atoms with Crippen molar-refractivity contribution in [2.75, 3.05) is 0 Å². The molecule has 0 rings (SSSR count). The van der Waals surface area contributed by atoms with Crippen LogP contribution in [-0.2, 0) is 9.59 Å². The maximum Gasteiger partial charge on any atom is 0.171 e. The summed E-state index contributed by atoms with van der Waals surface area (Å²) in [4.78, 5) is 22.0. The van der Waals surface area contributed by atoms with Crippen LogP contribution in [0.5, 0.6) is 0 Å². The molecule has 0 amide bonds. The van der Waals surface area contributed by atoms with Crippen LogP contribution in [0.4, 0.5) is 0 Å². The van der Waals surface area contributed by atoms with E-state index in [1.165, 1.54) is 12.2 Å². The minimum atomic E-state index is -0.581. The summed E-state index contributed by atoms with van der Waals surface area (Å²) in [6.45, 7) is 6.74. The van der Waals surface area contributed by atoms with Crippen LogP contribution in [0, 0.1) is 0 Å². The molecule has 0 aliphatic heterocycles. The van der Waals surface area contributed by atoms with E-state index in [0.29, 0.717) is 25.7 Å². The van der Waals surface area contributed by atoms with Crippen LogP contribution in [0.3, 0.4) is 0 Å². The van der Waals surface area contributed by atoms with E-state index in [2.05, 4.69) is 13.2 Å². The molecule has 0 aromatic rings. The summed E-state index contributed by atoms with van der Waals surface area (Å²) in [6.07, 6.45) is 4.75. The van der Waals surface area contributed by atoms with E-state index in [0.717, 1.165) is 0 Å². The molecule has 0 aromatic heterocycles. The molecule has 16 heavy (non-hydrogen) atoms. The lowest BCUT2D eigenvalue weighted by molar-refractivity contribution is -0.116. The summed E-state index contributed by atoms with van der Waals surface area (Å²) < 4.78 is 0. The Labute approximate surface area is 96.4 Å².